The molecule has 4 rings (SSSR count). The van der Waals surface area contributed by atoms with Gasteiger partial charge in [-0.2, -0.15) is 0 Å². The quantitative estimate of drug-likeness (QED) is 0.524. The number of anilines is 2. The first-order valence-electron chi connectivity index (χ1n) is 10.4. The fraction of sp³-hybridized carbons (Fsp3) is 0.391. The number of pyridine rings is 2. The van der Waals surface area contributed by atoms with Gasteiger partial charge in [-0.15, -0.1) is 11.3 Å². The Morgan fingerprint density at radius 1 is 1.17 bits per heavy atom. The third kappa shape index (κ3) is 5.21. The Balaban J connectivity index is 1.35. The molecular weight excluding hydrogens is 396 g/mol. The molecule has 0 unspecified atom stereocenters. The van der Waals surface area contributed by atoms with Gasteiger partial charge in [-0.05, 0) is 81.2 Å². The minimum Gasteiger partial charge on any atom is -0.481 e. The molecule has 0 spiro atoms. The minimum absolute atomic E-state index is 0.144. The molecule has 3 aromatic heterocycles. The molecule has 1 aliphatic rings. The number of nitrogens with zero attached hydrogens (tertiary/aromatic N) is 3. The Bertz CT molecular complexity index is 1010. The molecule has 6 nitrogen and oxygen atoms in total. The van der Waals surface area contributed by atoms with Gasteiger partial charge in [0.1, 0.15) is 11.6 Å². The van der Waals surface area contributed by atoms with Crippen molar-refractivity contribution < 1.29 is 9.90 Å². The summed E-state index contributed by atoms with van der Waals surface area (Å²) >= 11 is 1.69. The van der Waals surface area contributed by atoms with Crippen molar-refractivity contribution >= 4 is 28.9 Å². The lowest BCUT2D eigenvalue weighted by Crippen LogP contribution is -2.21. The highest BCUT2D eigenvalue weighted by Crippen LogP contribution is 2.33. The van der Waals surface area contributed by atoms with Crippen LogP contribution in [-0.4, -0.2) is 26.0 Å². The minimum atomic E-state index is -0.639. The molecule has 3 aromatic rings. The number of thiazole rings is 1. The highest BCUT2D eigenvalue weighted by molar-refractivity contribution is 7.15. The number of hydrogen-bond donors (Lipinski definition) is 2. The van der Waals surface area contributed by atoms with Gasteiger partial charge in [0.25, 0.3) is 0 Å². The van der Waals surface area contributed by atoms with Gasteiger partial charge in [0.15, 0.2) is 0 Å². The molecule has 1 fully saturated rings. The first kappa shape index (κ1) is 20.5. The number of carboxylic acid groups (broad SMARTS) is 1. The molecule has 0 aromatic carbocycles. The number of rotatable bonds is 7. The second kappa shape index (κ2) is 9.34. The lowest BCUT2D eigenvalue weighted by Gasteiger charge is -2.25. The highest BCUT2D eigenvalue weighted by atomic mass is 32.1. The van der Waals surface area contributed by atoms with Crippen LogP contribution in [0.2, 0.25) is 0 Å². The van der Waals surface area contributed by atoms with Gasteiger partial charge in [0.05, 0.1) is 21.5 Å². The topological polar surface area (TPSA) is 88.0 Å². The van der Waals surface area contributed by atoms with Gasteiger partial charge in [0.2, 0.25) is 0 Å². The third-order valence-electron chi connectivity index (χ3n) is 5.69. The molecule has 0 amide bonds. The van der Waals surface area contributed by atoms with E-state index in [-0.39, 0.29) is 5.92 Å². The molecule has 2 N–H and O–H groups in total. The van der Waals surface area contributed by atoms with Crippen molar-refractivity contribution in [2.45, 2.75) is 45.4 Å². The summed E-state index contributed by atoms with van der Waals surface area (Å²) in [4.78, 5) is 25.8. The lowest BCUT2D eigenvalue weighted by molar-refractivity contribution is -0.143. The van der Waals surface area contributed by atoms with Crippen LogP contribution in [0.5, 0.6) is 0 Å². The number of nitrogens with one attached hydrogen (secondary N) is 1. The van der Waals surface area contributed by atoms with Crippen molar-refractivity contribution in [3.63, 3.8) is 0 Å². The van der Waals surface area contributed by atoms with Crippen LogP contribution in [0.15, 0.2) is 42.7 Å². The van der Waals surface area contributed by atoms with Crippen LogP contribution in [0.4, 0.5) is 11.6 Å². The monoisotopic (exact) mass is 422 g/mol. The Kier molecular flexibility index (Phi) is 6.38. The number of carboxylic acids is 1. The number of aliphatic carboxylic acids is 1. The molecule has 0 bridgehead atoms. The summed E-state index contributed by atoms with van der Waals surface area (Å²) in [5, 5.41) is 13.5. The second-order valence-corrected chi connectivity index (χ2v) is 9.08. The maximum Gasteiger partial charge on any atom is 0.306 e. The Morgan fingerprint density at radius 2 is 2.00 bits per heavy atom. The number of carbonyl (C=O) groups is 1. The van der Waals surface area contributed by atoms with Crippen LogP contribution in [-0.2, 0) is 11.2 Å². The summed E-state index contributed by atoms with van der Waals surface area (Å²) in [5.41, 5.74) is 2.05. The summed E-state index contributed by atoms with van der Waals surface area (Å²) < 4.78 is 0. The zero-order chi connectivity index (χ0) is 20.9. The lowest BCUT2D eigenvalue weighted by atomic mass is 9.80. The smallest absolute Gasteiger partial charge is 0.306 e. The van der Waals surface area contributed by atoms with Crippen LogP contribution in [0, 0.1) is 18.8 Å². The van der Waals surface area contributed by atoms with Crippen LogP contribution >= 0.6 is 11.3 Å². The zero-order valence-corrected chi connectivity index (χ0v) is 17.9. The molecule has 1 saturated carbocycles. The van der Waals surface area contributed by atoms with E-state index in [4.69, 9.17) is 10.1 Å². The fourth-order valence-electron chi connectivity index (χ4n) is 3.95. The maximum absolute atomic E-state index is 11.1. The van der Waals surface area contributed by atoms with Gasteiger partial charge >= 0.3 is 5.97 Å². The van der Waals surface area contributed by atoms with Gasteiger partial charge in [-0.25, -0.2) is 15.0 Å². The third-order valence-corrected chi connectivity index (χ3v) is 6.77. The summed E-state index contributed by atoms with van der Waals surface area (Å²) in [6.45, 7) is 2.04. The van der Waals surface area contributed by atoms with Crippen molar-refractivity contribution in [3.8, 4) is 10.6 Å². The average molecular weight is 423 g/mol. The Morgan fingerprint density at radius 3 is 2.77 bits per heavy atom. The fourth-order valence-corrected chi connectivity index (χ4v) is 4.85. The van der Waals surface area contributed by atoms with E-state index in [0.717, 1.165) is 71.3 Å². The molecule has 0 saturated heterocycles. The largest absolute Gasteiger partial charge is 0.481 e. The standard InChI is InChI=1S/C23H26N4O2S/c1-15-11-12-24-21(13-15)27-20-4-2-3-18(26-20)19-14-25-22(30-19)10-7-16-5-8-17(9-6-16)23(28)29/h2-4,11-14,16-17H,5-10H2,1H3,(H,28,29)(H,24,26,27). The predicted octanol–water partition coefficient (Wildman–Crippen LogP) is 5.48. The van der Waals surface area contributed by atoms with E-state index in [1.807, 2.05) is 43.5 Å². The second-order valence-electron chi connectivity index (χ2n) is 7.96. The normalized spacial score (nSPS) is 18.8. The molecule has 0 atom stereocenters. The van der Waals surface area contributed by atoms with E-state index >= 15 is 0 Å². The van der Waals surface area contributed by atoms with Crippen molar-refractivity contribution in [2.24, 2.45) is 11.8 Å². The van der Waals surface area contributed by atoms with Crippen molar-refractivity contribution in [1.82, 2.24) is 15.0 Å². The van der Waals surface area contributed by atoms with Gasteiger partial charge in [-0.3, -0.25) is 4.79 Å². The van der Waals surface area contributed by atoms with Crippen molar-refractivity contribution in [3.05, 3.63) is 53.3 Å². The molecule has 0 radical (unpaired) electrons. The van der Waals surface area contributed by atoms with Crippen LogP contribution in [0.3, 0.4) is 0 Å². The summed E-state index contributed by atoms with van der Waals surface area (Å²) in [6, 6.07) is 9.87. The van der Waals surface area contributed by atoms with E-state index in [1.165, 1.54) is 0 Å². The number of aromatic nitrogens is 3. The van der Waals surface area contributed by atoms with Crippen molar-refractivity contribution in [1.29, 1.82) is 0 Å². The SMILES string of the molecule is Cc1ccnc(Nc2cccc(-c3cnc(CCC4CCC(C(=O)O)CC4)s3)n2)c1. The van der Waals surface area contributed by atoms with Gasteiger partial charge in [0, 0.05) is 12.4 Å². The zero-order valence-electron chi connectivity index (χ0n) is 17.0. The highest BCUT2D eigenvalue weighted by Gasteiger charge is 2.25. The van der Waals surface area contributed by atoms with Crippen LogP contribution < -0.4 is 5.32 Å². The number of aryl methyl sites for hydroxylation is 2. The van der Waals surface area contributed by atoms with Gasteiger partial charge in [-0.1, -0.05) is 6.07 Å². The Labute approximate surface area is 180 Å². The Hall–Kier alpha value is -2.80. The van der Waals surface area contributed by atoms with E-state index in [9.17, 15) is 4.79 Å². The molecule has 30 heavy (non-hydrogen) atoms. The number of hydrogen-bond acceptors (Lipinski definition) is 6. The molecule has 0 aliphatic heterocycles. The van der Waals surface area contributed by atoms with Crippen molar-refractivity contribution in [2.75, 3.05) is 5.32 Å². The summed E-state index contributed by atoms with van der Waals surface area (Å²) in [5.74, 6) is 1.37. The first-order valence-corrected chi connectivity index (χ1v) is 11.2. The van der Waals surface area contributed by atoms with Crippen LogP contribution in [0.25, 0.3) is 10.6 Å². The maximum atomic E-state index is 11.1. The van der Waals surface area contributed by atoms with E-state index in [1.54, 1.807) is 17.5 Å². The first-order chi connectivity index (χ1) is 14.6. The summed E-state index contributed by atoms with van der Waals surface area (Å²) in [7, 11) is 0. The molecule has 7 heteroatoms. The average Bonchev–Trinajstić information content (AvgIpc) is 3.22. The van der Waals surface area contributed by atoms with Gasteiger partial charge < -0.3 is 10.4 Å². The van der Waals surface area contributed by atoms with E-state index in [0.29, 0.717) is 5.92 Å². The van der Waals surface area contributed by atoms with E-state index in [2.05, 4.69) is 15.3 Å². The molecule has 1 aliphatic carbocycles. The molecular formula is C23H26N4O2S. The summed E-state index contributed by atoms with van der Waals surface area (Å²) in [6.07, 6.45) is 9.34. The predicted molar refractivity (Wildman–Crippen MR) is 119 cm³/mol. The van der Waals surface area contributed by atoms with Crippen LogP contribution in [0.1, 0.15) is 42.7 Å². The molecule has 156 valence electrons. The molecule has 3 heterocycles. The van der Waals surface area contributed by atoms with E-state index < -0.39 is 5.97 Å².